The second-order valence-electron chi connectivity index (χ2n) is 4.93. The summed E-state index contributed by atoms with van der Waals surface area (Å²) in [5.41, 5.74) is -0.521. The minimum absolute atomic E-state index is 0.179. The molecule has 0 atom stereocenters. The van der Waals surface area contributed by atoms with E-state index in [1.54, 1.807) is 0 Å². The van der Waals surface area contributed by atoms with E-state index in [0.29, 0.717) is 19.0 Å². The highest BCUT2D eigenvalue weighted by Gasteiger charge is 2.54. The van der Waals surface area contributed by atoms with Crippen molar-refractivity contribution in [1.29, 1.82) is 0 Å². The fourth-order valence-electron chi connectivity index (χ4n) is 2.37. The van der Waals surface area contributed by atoms with Crippen molar-refractivity contribution in [3.8, 4) is 0 Å². The number of carbonyl (C=O) groups excluding carboxylic acids is 1. The zero-order valence-electron chi connectivity index (χ0n) is 8.20. The summed E-state index contributed by atoms with van der Waals surface area (Å²) in [5.74, 6) is 0.888. The van der Waals surface area contributed by atoms with Gasteiger partial charge in [0, 0.05) is 13.1 Å². The molecule has 0 aromatic heterocycles. The molecular formula is C10H16N2O2. The first-order valence-electron chi connectivity index (χ1n) is 5.41. The number of hydrogen-bond donors (Lipinski definition) is 2. The smallest absolute Gasteiger partial charge is 0.228 e. The van der Waals surface area contributed by atoms with Crippen molar-refractivity contribution in [1.82, 2.24) is 10.2 Å². The Morgan fingerprint density at radius 1 is 1.36 bits per heavy atom. The molecule has 2 N–H and O–H groups in total. The number of hydrogen-bond acceptors (Lipinski definition) is 3. The molecule has 78 valence electrons. The van der Waals surface area contributed by atoms with Gasteiger partial charge in [0.05, 0.1) is 19.0 Å². The molecule has 2 saturated heterocycles. The molecule has 0 aromatic rings. The molecule has 0 aromatic carbocycles. The predicted molar refractivity (Wildman–Crippen MR) is 50.6 cm³/mol. The van der Waals surface area contributed by atoms with Gasteiger partial charge >= 0.3 is 0 Å². The third kappa shape index (κ3) is 1.17. The van der Waals surface area contributed by atoms with E-state index in [-0.39, 0.29) is 11.8 Å². The minimum Gasteiger partial charge on any atom is -0.386 e. The number of rotatable bonds is 2. The van der Waals surface area contributed by atoms with Crippen LogP contribution in [0.1, 0.15) is 12.8 Å². The van der Waals surface area contributed by atoms with Gasteiger partial charge < -0.3 is 15.3 Å². The highest BCUT2D eigenvalue weighted by atomic mass is 16.3. The van der Waals surface area contributed by atoms with Gasteiger partial charge in [-0.15, -0.1) is 0 Å². The van der Waals surface area contributed by atoms with Gasteiger partial charge in [-0.25, -0.2) is 0 Å². The Morgan fingerprint density at radius 3 is 2.43 bits per heavy atom. The first-order valence-corrected chi connectivity index (χ1v) is 5.41. The summed E-state index contributed by atoms with van der Waals surface area (Å²) in [6.45, 7) is 2.79. The van der Waals surface area contributed by atoms with Crippen molar-refractivity contribution in [3.63, 3.8) is 0 Å². The van der Waals surface area contributed by atoms with Crippen LogP contribution in [0.5, 0.6) is 0 Å². The minimum atomic E-state index is -0.521. The number of β-amino-alcohol motifs (C(OH)–C–C–N with tert-alkyl or cyclic N) is 1. The largest absolute Gasteiger partial charge is 0.386 e. The van der Waals surface area contributed by atoms with E-state index in [9.17, 15) is 9.90 Å². The third-order valence-electron chi connectivity index (χ3n) is 3.71. The van der Waals surface area contributed by atoms with Gasteiger partial charge in [-0.3, -0.25) is 4.79 Å². The van der Waals surface area contributed by atoms with Gasteiger partial charge in [0.15, 0.2) is 0 Å². The van der Waals surface area contributed by atoms with E-state index in [0.717, 1.165) is 25.9 Å². The molecule has 1 amide bonds. The maximum absolute atomic E-state index is 11.7. The third-order valence-corrected chi connectivity index (χ3v) is 3.71. The lowest BCUT2D eigenvalue weighted by Crippen LogP contribution is -2.67. The molecule has 3 rings (SSSR count). The Balaban J connectivity index is 1.55. The first kappa shape index (κ1) is 8.68. The van der Waals surface area contributed by atoms with E-state index >= 15 is 0 Å². The van der Waals surface area contributed by atoms with Crippen molar-refractivity contribution in [2.24, 2.45) is 11.8 Å². The topological polar surface area (TPSA) is 52.6 Å². The molecule has 0 unspecified atom stereocenters. The average Bonchev–Trinajstić information content (AvgIpc) is 2.76. The summed E-state index contributed by atoms with van der Waals surface area (Å²) in [6, 6.07) is 0. The van der Waals surface area contributed by atoms with E-state index < -0.39 is 5.60 Å². The number of likely N-dealkylation sites (tertiary alicyclic amines) is 1. The number of carbonyl (C=O) groups is 1. The predicted octanol–water partition coefficient (Wildman–Crippen LogP) is -0.811. The summed E-state index contributed by atoms with van der Waals surface area (Å²) >= 11 is 0. The maximum Gasteiger partial charge on any atom is 0.228 e. The highest BCUT2D eigenvalue weighted by molar-refractivity contribution is 5.81. The number of aliphatic hydroxyl groups is 1. The Hall–Kier alpha value is -0.610. The molecule has 0 radical (unpaired) electrons. The summed E-state index contributed by atoms with van der Waals surface area (Å²) in [7, 11) is 0. The number of nitrogens with one attached hydrogen (secondary N) is 1. The summed E-state index contributed by atoms with van der Waals surface area (Å²) in [5, 5.41) is 13.1. The van der Waals surface area contributed by atoms with Gasteiger partial charge in [0.25, 0.3) is 0 Å². The fraction of sp³-hybridized carbons (Fsp3) is 0.900. The van der Waals surface area contributed by atoms with Crippen LogP contribution in [0.15, 0.2) is 0 Å². The molecule has 14 heavy (non-hydrogen) atoms. The van der Waals surface area contributed by atoms with Crippen molar-refractivity contribution in [2.45, 2.75) is 18.4 Å². The van der Waals surface area contributed by atoms with Gasteiger partial charge in [0.2, 0.25) is 5.91 Å². The molecule has 4 nitrogen and oxygen atoms in total. The average molecular weight is 196 g/mol. The van der Waals surface area contributed by atoms with E-state index in [2.05, 4.69) is 5.32 Å². The van der Waals surface area contributed by atoms with Gasteiger partial charge in [0.1, 0.15) is 5.60 Å². The molecule has 3 aliphatic rings. The Kier molecular flexibility index (Phi) is 1.67. The Bertz CT molecular complexity index is 265. The molecule has 1 saturated carbocycles. The van der Waals surface area contributed by atoms with Crippen molar-refractivity contribution >= 4 is 5.91 Å². The normalized spacial score (nSPS) is 30.8. The summed E-state index contributed by atoms with van der Waals surface area (Å²) in [6.07, 6.45) is 2.28. The molecule has 1 aliphatic carbocycles. The Morgan fingerprint density at radius 2 is 2.00 bits per heavy atom. The van der Waals surface area contributed by atoms with Crippen LogP contribution < -0.4 is 5.32 Å². The van der Waals surface area contributed by atoms with Crippen LogP contribution in [0.4, 0.5) is 0 Å². The zero-order chi connectivity index (χ0) is 9.76. The number of nitrogens with zero attached hydrogens (tertiary/aromatic N) is 1. The van der Waals surface area contributed by atoms with E-state index in [1.807, 2.05) is 4.90 Å². The van der Waals surface area contributed by atoms with Gasteiger partial charge in [-0.05, 0) is 18.8 Å². The quantitative estimate of drug-likeness (QED) is 0.607. The SMILES string of the molecule is O=C(C1CNC1)N1CC(O)(C2CC2)C1. The molecule has 4 heteroatoms. The monoisotopic (exact) mass is 196 g/mol. The first-order chi connectivity index (χ1) is 6.69. The standard InChI is InChI=1S/C10H16N2O2/c13-9(7-3-11-4-7)12-5-10(14,6-12)8-1-2-8/h7-8,11,14H,1-6H2. The Labute approximate surface area is 83.3 Å². The molecule has 2 aliphatic heterocycles. The van der Waals surface area contributed by atoms with Crippen LogP contribution in [0.3, 0.4) is 0 Å². The van der Waals surface area contributed by atoms with Crippen LogP contribution in [-0.2, 0) is 4.79 Å². The van der Waals surface area contributed by atoms with Crippen LogP contribution in [0.25, 0.3) is 0 Å². The lowest BCUT2D eigenvalue weighted by Gasteiger charge is -2.49. The van der Waals surface area contributed by atoms with Crippen molar-refractivity contribution in [3.05, 3.63) is 0 Å². The van der Waals surface area contributed by atoms with Crippen LogP contribution >= 0.6 is 0 Å². The van der Waals surface area contributed by atoms with Crippen LogP contribution in [0, 0.1) is 11.8 Å². The lowest BCUT2D eigenvalue weighted by molar-refractivity contribution is -0.164. The molecular weight excluding hydrogens is 180 g/mol. The van der Waals surface area contributed by atoms with Crippen molar-refractivity contribution < 1.29 is 9.90 Å². The zero-order valence-corrected chi connectivity index (χ0v) is 8.20. The van der Waals surface area contributed by atoms with E-state index in [4.69, 9.17) is 0 Å². The van der Waals surface area contributed by atoms with Crippen molar-refractivity contribution in [2.75, 3.05) is 26.2 Å². The highest BCUT2D eigenvalue weighted by Crippen LogP contribution is 2.44. The van der Waals surface area contributed by atoms with Gasteiger partial charge in [-0.2, -0.15) is 0 Å². The van der Waals surface area contributed by atoms with E-state index in [1.165, 1.54) is 0 Å². The molecule has 3 fully saturated rings. The second-order valence-corrected chi connectivity index (χ2v) is 4.93. The second kappa shape index (κ2) is 2.70. The molecule has 0 bridgehead atoms. The molecule has 0 spiro atoms. The summed E-state index contributed by atoms with van der Waals surface area (Å²) < 4.78 is 0. The number of amides is 1. The lowest BCUT2D eigenvalue weighted by atomic mass is 9.87. The molecule has 2 heterocycles. The maximum atomic E-state index is 11.7. The summed E-state index contributed by atoms with van der Waals surface area (Å²) in [4.78, 5) is 13.5. The van der Waals surface area contributed by atoms with Crippen LogP contribution in [-0.4, -0.2) is 47.7 Å². The fourth-order valence-corrected chi connectivity index (χ4v) is 2.37. The van der Waals surface area contributed by atoms with Gasteiger partial charge in [-0.1, -0.05) is 0 Å². The van der Waals surface area contributed by atoms with Crippen LogP contribution in [0.2, 0.25) is 0 Å².